The van der Waals surface area contributed by atoms with Crippen LogP contribution < -0.4 is 5.63 Å². The maximum atomic E-state index is 7.71. The molecule has 2 aliphatic rings. The second-order valence-corrected chi connectivity index (χ2v) is 20.7. The van der Waals surface area contributed by atoms with Crippen molar-refractivity contribution in [2.75, 3.05) is 0 Å². The van der Waals surface area contributed by atoms with Crippen LogP contribution in [0.1, 0.15) is 118 Å². The zero-order valence-corrected chi connectivity index (χ0v) is 29.4. The number of benzene rings is 2. The molecule has 2 aliphatic carbocycles. The van der Waals surface area contributed by atoms with E-state index in [1.807, 2.05) is 0 Å². The van der Waals surface area contributed by atoms with Gasteiger partial charge in [-0.05, 0) is 0 Å². The molecule has 0 N–H and O–H groups in total. The van der Waals surface area contributed by atoms with Gasteiger partial charge in [-0.25, -0.2) is 0 Å². The third kappa shape index (κ3) is 7.28. The summed E-state index contributed by atoms with van der Waals surface area (Å²) in [6.07, 6.45) is 18.2. The average Bonchev–Trinajstić information content (AvgIpc) is 3.60. The molecule has 0 aromatic heterocycles. The Kier molecular flexibility index (Phi) is 10.4. The van der Waals surface area contributed by atoms with Crippen molar-refractivity contribution in [1.82, 2.24) is 0 Å². The zero-order chi connectivity index (χ0) is 29.7. The molecule has 0 heterocycles. The van der Waals surface area contributed by atoms with Crippen LogP contribution in [-0.2, 0) is 32.0 Å². The van der Waals surface area contributed by atoms with Gasteiger partial charge in [-0.1, -0.05) is 0 Å². The van der Waals surface area contributed by atoms with Gasteiger partial charge >= 0.3 is 258 Å². The second kappa shape index (κ2) is 13.5. The first-order chi connectivity index (χ1) is 19.5. The minimum atomic E-state index is -4.34. The molecule has 0 unspecified atom stereocenters. The molecule has 0 radical (unpaired) electrons. The van der Waals surface area contributed by atoms with Gasteiger partial charge in [0.15, 0.2) is 0 Å². The number of hydrogen-bond acceptors (Lipinski definition) is 2. The van der Waals surface area contributed by atoms with Gasteiger partial charge in [-0.3, -0.25) is 0 Å². The van der Waals surface area contributed by atoms with E-state index in [1.165, 1.54) is 54.5 Å². The first-order valence-electron chi connectivity index (χ1n) is 15.9. The minimum absolute atomic E-state index is 0.0434. The summed E-state index contributed by atoms with van der Waals surface area (Å²) >= 11 is -4.34. The van der Waals surface area contributed by atoms with E-state index in [2.05, 4.69) is 128 Å². The molecule has 3 heteroatoms. The Morgan fingerprint density at radius 3 is 1.37 bits per heavy atom. The molecule has 2 nitrogen and oxygen atoms in total. The molecule has 2 aromatic rings. The van der Waals surface area contributed by atoms with E-state index in [-0.39, 0.29) is 10.8 Å². The van der Waals surface area contributed by atoms with Gasteiger partial charge in [0.05, 0.1) is 0 Å². The predicted octanol–water partition coefficient (Wildman–Crippen LogP) is 11.5. The molecule has 0 fully saturated rings. The van der Waals surface area contributed by atoms with Gasteiger partial charge < -0.3 is 0 Å². The molecule has 2 aromatic carbocycles. The predicted molar refractivity (Wildman–Crippen MR) is 172 cm³/mol. The van der Waals surface area contributed by atoms with Crippen molar-refractivity contribution in [2.24, 2.45) is 0 Å². The summed E-state index contributed by atoms with van der Waals surface area (Å²) in [5.74, 6) is 1.99. The van der Waals surface area contributed by atoms with Crippen LogP contribution in [0.25, 0.3) is 0 Å². The Hall–Kier alpha value is -2.12. The Morgan fingerprint density at radius 2 is 1.00 bits per heavy atom. The first kappa shape index (κ1) is 31.8. The van der Waals surface area contributed by atoms with Crippen molar-refractivity contribution >= 4 is 0 Å². The number of hydrogen-bond donors (Lipinski definition) is 0. The third-order valence-electron chi connectivity index (χ3n) is 8.35. The fourth-order valence-corrected chi connectivity index (χ4v) is 15.7. The zero-order valence-electron chi connectivity index (χ0n) is 26.9. The van der Waals surface area contributed by atoms with Gasteiger partial charge in [0, 0.05) is 0 Å². The molecule has 0 aliphatic heterocycles. The fourth-order valence-electron chi connectivity index (χ4n) is 6.11. The van der Waals surface area contributed by atoms with Crippen LogP contribution in [0, 0.1) is 0 Å². The van der Waals surface area contributed by atoms with E-state index in [4.69, 9.17) is 5.63 Å². The summed E-state index contributed by atoms with van der Waals surface area (Å²) in [5, 5.41) is 0. The molecule has 0 bridgehead atoms. The first-order valence-corrected chi connectivity index (χ1v) is 20.3. The van der Waals surface area contributed by atoms with Crippen LogP contribution in [0.4, 0.5) is 0 Å². The van der Waals surface area contributed by atoms with Crippen LogP contribution in [-0.4, -0.2) is 0 Å². The monoisotopic (exact) mass is 630 g/mol. The summed E-state index contributed by atoms with van der Waals surface area (Å²) in [4.78, 5) is 0. The van der Waals surface area contributed by atoms with E-state index in [0.717, 1.165) is 37.2 Å². The number of para-hydroxylation sites is 2. The summed E-state index contributed by atoms with van der Waals surface area (Å²) in [6.45, 7) is 18.3. The number of unbranched alkanes of at least 4 members (excludes halogenated alkanes) is 2. The maximum absolute atomic E-state index is 7.71. The SMILES string of the molecule is CCCCC1=[C]([Zr]([O]c2ccccc2C(C)(C)C)([O]c2ccccc2C(C)(C)C)[C]2=C(CCCC)C=CC2)CC=C1. The average molecular weight is 632 g/mol. The molecule has 0 spiro atoms. The van der Waals surface area contributed by atoms with Gasteiger partial charge in [0.25, 0.3) is 0 Å². The van der Waals surface area contributed by atoms with Crippen molar-refractivity contribution in [3.63, 3.8) is 0 Å². The van der Waals surface area contributed by atoms with E-state index in [0.29, 0.717) is 0 Å². The molecule has 0 amide bonds. The molecule has 0 atom stereocenters. The molecule has 0 saturated carbocycles. The van der Waals surface area contributed by atoms with Gasteiger partial charge in [-0.2, -0.15) is 0 Å². The van der Waals surface area contributed by atoms with Crippen molar-refractivity contribution in [1.29, 1.82) is 0 Å². The summed E-state index contributed by atoms with van der Waals surface area (Å²) < 4.78 is 18.4. The quantitative estimate of drug-likeness (QED) is 0.232. The number of allylic oxidation sites excluding steroid dienone is 8. The van der Waals surface area contributed by atoms with Crippen molar-refractivity contribution in [2.45, 2.75) is 118 Å². The topological polar surface area (TPSA) is 18.5 Å². The van der Waals surface area contributed by atoms with Crippen LogP contribution in [0.2, 0.25) is 0 Å². The van der Waals surface area contributed by atoms with Gasteiger partial charge in [-0.15, -0.1) is 0 Å². The second-order valence-electron chi connectivity index (χ2n) is 13.7. The third-order valence-corrected chi connectivity index (χ3v) is 17.3. The van der Waals surface area contributed by atoms with E-state index in [9.17, 15) is 0 Å². The molecule has 41 heavy (non-hydrogen) atoms. The van der Waals surface area contributed by atoms with Crippen LogP contribution in [0.3, 0.4) is 0 Å². The number of rotatable bonds is 12. The van der Waals surface area contributed by atoms with E-state index < -0.39 is 21.1 Å². The molecule has 220 valence electrons. The summed E-state index contributed by atoms with van der Waals surface area (Å²) in [5.41, 5.74) is 5.32. The Morgan fingerprint density at radius 1 is 0.610 bits per heavy atom. The van der Waals surface area contributed by atoms with Gasteiger partial charge in [0.2, 0.25) is 0 Å². The van der Waals surface area contributed by atoms with E-state index >= 15 is 0 Å². The van der Waals surface area contributed by atoms with Crippen molar-refractivity contribution in [3.05, 3.63) is 102 Å². The molecular weight excluding hydrogens is 580 g/mol. The Balaban J connectivity index is 2.03. The fraction of sp³-hybridized carbons (Fsp3) is 0.474. The summed E-state index contributed by atoms with van der Waals surface area (Å²) in [7, 11) is 0. The van der Waals surface area contributed by atoms with Crippen LogP contribution in [0.5, 0.6) is 11.5 Å². The van der Waals surface area contributed by atoms with Gasteiger partial charge in [0.1, 0.15) is 0 Å². The standard InChI is InChI=1S/2C10H14O.2C9H13.Zr/c2*1-10(2,3)8-6-4-5-7-9(8)11;2*1-2-3-6-9-7-4-5-8-9;/h2*4-7,11H,1-3H3;2*4,7H,2-3,5-6H2,1H3;/q;;;;+2/p-2. The molecular formula is C38H52O2Zr. The van der Waals surface area contributed by atoms with Crippen molar-refractivity contribution in [3.8, 4) is 11.5 Å². The summed E-state index contributed by atoms with van der Waals surface area (Å²) in [6, 6.07) is 17.4. The molecule has 0 saturated heterocycles. The molecule has 4 rings (SSSR count). The normalized spacial score (nSPS) is 15.8. The van der Waals surface area contributed by atoms with E-state index in [1.54, 1.807) is 0 Å². The Bertz CT molecular complexity index is 1220. The Labute approximate surface area is 256 Å². The van der Waals surface area contributed by atoms with Crippen molar-refractivity contribution < 1.29 is 26.8 Å². The van der Waals surface area contributed by atoms with Crippen LogP contribution in [0.15, 0.2) is 90.5 Å². The van der Waals surface area contributed by atoms with Crippen LogP contribution >= 0.6 is 0 Å².